The second kappa shape index (κ2) is 9.74. The van der Waals surface area contributed by atoms with Crippen LogP contribution in [0, 0.1) is 6.92 Å². The normalized spacial score (nSPS) is 14.2. The summed E-state index contributed by atoms with van der Waals surface area (Å²) in [7, 11) is -3.79. The molecule has 0 radical (unpaired) electrons. The summed E-state index contributed by atoms with van der Waals surface area (Å²) in [5, 5.41) is 14.7. The highest BCUT2D eigenvalue weighted by Gasteiger charge is 2.34. The molecule has 1 aliphatic rings. The maximum atomic E-state index is 13.5. The molecule has 1 aliphatic heterocycles. The molecular weight excluding hydrogens is 506 g/mol. The Bertz CT molecular complexity index is 1680. The van der Waals surface area contributed by atoms with Gasteiger partial charge in [-0.2, -0.15) is 5.10 Å². The number of carbonyl (C=O) groups excluding carboxylic acids is 1. The third kappa shape index (κ3) is 5.08. The van der Waals surface area contributed by atoms with E-state index in [0.717, 1.165) is 33.2 Å². The standard InChI is InChI=1S/C27H23N5O3S2/c1-17-9-14-24-23(15-17)25(30-31-27(36)29-20-10-12-21(13-11-20)37(28,34)35)26(33)32(24)16-19-7-4-6-18-5-2-3-8-22(18)19/h2-15H,16H2,1H3,(H2,28,34,35)(H2,29,31,36). The lowest BCUT2D eigenvalue weighted by atomic mass is 10.0. The first kappa shape index (κ1) is 24.6. The summed E-state index contributed by atoms with van der Waals surface area (Å²) in [5.74, 6) is -0.235. The lowest BCUT2D eigenvalue weighted by molar-refractivity contribution is -0.112. The van der Waals surface area contributed by atoms with Crippen LogP contribution in [0.1, 0.15) is 16.7 Å². The minimum absolute atomic E-state index is 0.00742. The molecule has 0 saturated carbocycles. The molecule has 10 heteroatoms. The lowest BCUT2D eigenvalue weighted by Crippen LogP contribution is -2.32. The van der Waals surface area contributed by atoms with Gasteiger partial charge in [-0.15, -0.1) is 0 Å². The Morgan fingerprint density at radius 1 is 1.00 bits per heavy atom. The summed E-state index contributed by atoms with van der Waals surface area (Å²) in [6.45, 7) is 2.36. The van der Waals surface area contributed by atoms with Crippen molar-refractivity contribution in [2.45, 2.75) is 18.4 Å². The first-order chi connectivity index (χ1) is 17.7. The van der Waals surface area contributed by atoms with Crippen molar-refractivity contribution in [1.82, 2.24) is 5.43 Å². The van der Waals surface area contributed by atoms with Gasteiger partial charge >= 0.3 is 0 Å². The van der Waals surface area contributed by atoms with Crippen LogP contribution < -0.4 is 20.8 Å². The second-order valence-corrected chi connectivity index (χ2v) is 10.6. The van der Waals surface area contributed by atoms with Crippen LogP contribution in [0.2, 0.25) is 0 Å². The Kier molecular flexibility index (Phi) is 6.46. The predicted octanol–water partition coefficient (Wildman–Crippen LogP) is 4.03. The monoisotopic (exact) mass is 529 g/mol. The van der Waals surface area contributed by atoms with Crippen molar-refractivity contribution < 1.29 is 13.2 Å². The summed E-state index contributed by atoms with van der Waals surface area (Å²) in [5.41, 5.74) is 7.07. The van der Waals surface area contributed by atoms with Crippen molar-refractivity contribution in [3.8, 4) is 0 Å². The van der Waals surface area contributed by atoms with Gasteiger partial charge in [-0.25, -0.2) is 13.6 Å². The van der Waals surface area contributed by atoms with Gasteiger partial charge in [0.2, 0.25) is 10.0 Å². The van der Waals surface area contributed by atoms with Crippen molar-refractivity contribution in [2.75, 3.05) is 10.2 Å². The van der Waals surface area contributed by atoms with Crippen molar-refractivity contribution in [2.24, 2.45) is 10.2 Å². The highest BCUT2D eigenvalue weighted by Crippen LogP contribution is 2.33. The molecule has 37 heavy (non-hydrogen) atoms. The Hall–Kier alpha value is -4.12. The van der Waals surface area contributed by atoms with Gasteiger partial charge < -0.3 is 10.2 Å². The number of carbonyl (C=O) groups is 1. The topological polar surface area (TPSA) is 117 Å². The molecule has 4 aromatic carbocycles. The summed E-state index contributed by atoms with van der Waals surface area (Å²) in [4.78, 5) is 15.3. The summed E-state index contributed by atoms with van der Waals surface area (Å²) in [6, 6.07) is 25.8. The van der Waals surface area contributed by atoms with Gasteiger partial charge in [-0.05, 0) is 71.9 Å². The number of nitrogens with one attached hydrogen (secondary N) is 2. The zero-order chi connectivity index (χ0) is 26.2. The van der Waals surface area contributed by atoms with E-state index in [2.05, 4.69) is 34.0 Å². The largest absolute Gasteiger partial charge is 0.331 e. The number of aryl methyl sites for hydroxylation is 1. The van der Waals surface area contributed by atoms with Crippen LogP contribution in [0.4, 0.5) is 11.4 Å². The fourth-order valence-electron chi connectivity index (χ4n) is 4.29. The molecule has 0 aromatic heterocycles. The predicted molar refractivity (Wildman–Crippen MR) is 150 cm³/mol. The van der Waals surface area contributed by atoms with E-state index >= 15 is 0 Å². The molecule has 0 unspecified atom stereocenters. The van der Waals surface area contributed by atoms with E-state index in [1.165, 1.54) is 24.3 Å². The Balaban J connectivity index is 1.39. The fourth-order valence-corrected chi connectivity index (χ4v) is 4.97. The van der Waals surface area contributed by atoms with Gasteiger partial charge in [0.15, 0.2) is 10.8 Å². The minimum atomic E-state index is -3.79. The molecule has 4 aromatic rings. The van der Waals surface area contributed by atoms with Crippen LogP contribution in [0.5, 0.6) is 0 Å². The SMILES string of the molecule is Cc1ccc2c(c1)C(=NNC(=S)Nc1ccc(S(N)(=O)=O)cc1)C(=O)N2Cc1cccc2ccccc12. The molecule has 0 atom stereocenters. The van der Waals surface area contributed by atoms with Crippen molar-refractivity contribution >= 4 is 61.1 Å². The van der Waals surface area contributed by atoms with Crippen LogP contribution in [0.3, 0.4) is 0 Å². The molecular formula is C27H23N5O3S2. The van der Waals surface area contributed by atoms with E-state index in [9.17, 15) is 13.2 Å². The van der Waals surface area contributed by atoms with Gasteiger partial charge in [0, 0.05) is 11.3 Å². The van der Waals surface area contributed by atoms with E-state index in [1.807, 2.05) is 49.4 Å². The molecule has 0 spiro atoms. The Morgan fingerprint density at radius 2 is 1.73 bits per heavy atom. The number of hydrazone groups is 1. The van der Waals surface area contributed by atoms with E-state index < -0.39 is 10.0 Å². The van der Waals surface area contributed by atoms with Crippen LogP contribution in [0.25, 0.3) is 10.8 Å². The number of nitrogens with two attached hydrogens (primary N) is 1. The van der Waals surface area contributed by atoms with Crippen LogP contribution >= 0.6 is 12.2 Å². The highest BCUT2D eigenvalue weighted by atomic mass is 32.2. The summed E-state index contributed by atoms with van der Waals surface area (Å²) >= 11 is 5.33. The first-order valence-corrected chi connectivity index (χ1v) is 13.3. The first-order valence-electron chi connectivity index (χ1n) is 11.4. The van der Waals surface area contributed by atoms with Gasteiger partial charge in [0.05, 0.1) is 17.1 Å². The molecule has 0 fully saturated rings. The van der Waals surface area contributed by atoms with E-state index in [0.29, 0.717) is 12.2 Å². The quantitative estimate of drug-likeness (QED) is 0.265. The van der Waals surface area contributed by atoms with Crippen LogP contribution in [-0.2, 0) is 21.4 Å². The fraction of sp³-hybridized carbons (Fsp3) is 0.0741. The number of primary sulfonamides is 1. The number of hydrogen-bond donors (Lipinski definition) is 3. The Morgan fingerprint density at radius 3 is 2.49 bits per heavy atom. The third-order valence-corrected chi connectivity index (χ3v) is 7.19. The number of rotatable bonds is 5. The lowest BCUT2D eigenvalue weighted by Gasteiger charge is -2.18. The van der Waals surface area contributed by atoms with Gasteiger partial charge in [0.1, 0.15) is 0 Å². The second-order valence-electron chi connectivity index (χ2n) is 8.65. The zero-order valence-electron chi connectivity index (χ0n) is 19.8. The molecule has 4 N–H and O–H groups in total. The number of anilines is 2. The number of sulfonamides is 1. The number of fused-ring (bicyclic) bond motifs is 2. The minimum Gasteiger partial charge on any atom is -0.331 e. The van der Waals surface area contributed by atoms with Crippen LogP contribution in [-0.4, -0.2) is 25.1 Å². The van der Waals surface area contributed by atoms with Crippen molar-refractivity contribution in [1.29, 1.82) is 0 Å². The van der Waals surface area contributed by atoms with E-state index in [-0.39, 0.29) is 21.6 Å². The summed E-state index contributed by atoms with van der Waals surface area (Å²) in [6.07, 6.45) is 0. The number of benzene rings is 4. The number of hydrogen-bond acceptors (Lipinski definition) is 5. The molecule has 1 heterocycles. The number of amides is 1. The highest BCUT2D eigenvalue weighted by molar-refractivity contribution is 7.89. The Labute approximate surface area is 219 Å². The number of thiocarbonyl (C=S) groups is 1. The average molecular weight is 530 g/mol. The molecule has 1 amide bonds. The average Bonchev–Trinajstić information content (AvgIpc) is 3.12. The van der Waals surface area contributed by atoms with E-state index in [1.54, 1.807) is 4.90 Å². The number of nitrogens with zero attached hydrogens (tertiary/aromatic N) is 2. The van der Waals surface area contributed by atoms with E-state index in [4.69, 9.17) is 17.4 Å². The molecule has 8 nitrogen and oxygen atoms in total. The molecule has 0 bridgehead atoms. The van der Waals surface area contributed by atoms with Crippen molar-refractivity contribution in [3.05, 3.63) is 102 Å². The molecule has 186 valence electrons. The maximum absolute atomic E-state index is 13.5. The third-order valence-electron chi connectivity index (χ3n) is 6.06. The molecule has 0 saturated heterocycles. The smallest absolute Gasteiger partial charge is 0.279 e. The van der Waals surface area contributed by atoms with Gasteiger partial charge in [-0.1, -0.05) is 54.1 Å². The maximum Gasteiger partial charge on any atom is 0.279 e. The molecule has 5 rings (SSSR count). The zero-order valence-corrected chi connectivity index (χ0v) is 21.4. The van der Waals surface area contributed by atoms with Gasteiger partial charge in [-0.3, -0.25) is 10.2 Å². The molecule has 0 aliphatic carbocycles. The van der Waals surface area contributed by atoms with Crippen molar-refractivity contribution in [3.63, 3.8) is 0 Å². The summed E-state index contributed by atoms with van der Waals surface area (Å²) < 4.78 is 22.9. The van der Waals surface area contributed by atoms with Crippen LogP contribution in [0.15, 0.2) is 94.9 Å². The van der Waals surface area contributed by atoms with Gasteiger partial charge in [0.25, 0.3) is 5.91 Å².